The van der Waals surface area contributed by atoms with Crippen LogP contribution in [-0.2, 0) is 17.8 Å². The highest BCUT2D eigenvalue weighted by molar-refractivity contribution is 8.45. The number of nitrogens with one attached hydrogen (secondary N) is 2. The van der Waals surface area contributed by atoms with Crippen LogP contribution in [0.5, 0.6) is 0 Å². The lowest BCUT2D eigenvalue weighted by atomic mass is 10.2. The zero-order valence-electron chi connectivity index (χ0n) is 22.7. The molecule has 228 valence electrons. The van der Waals surface area contributed by atoms with Crippen molar-refractivity contribution in [2.75, 3.05) is 36.4 Å². The number of furan rings is 1. The number of anilines is 2. The zero-order valence-corrected chi connectivity index (χ0v) is 23.5. The normalized spacial score (nSPS) is 15.9. The quantitative estimate of drug-likeness (QED) is 0.228. The van der Waals surface area contributed by atoms with E-state index in [1.165, 1.54) is 4.57 Å². The number of halogens is 5. The minimum Gasteiger partial charge on any atom is -0.453 e. The summed E-state index contributed by atoms with van der Waals surface area (Å²) in [4.78, 5) is 31.4. The van der Waals surface area contributed by atoms with E-state index in [1.807, 2.05) is 30.0 Å². The summed E-state index contributed by atoms with van der Waals surface area (Å²) in [5.74, 6) is -0.192. The van der Waals surface area contributed by atoms with E-state index in [0.717, 1.165) is 22.0 Å². The van der Waals surface area contributed by atoms with Crippen molar-refractivity contribution < 1.29 is 28.6 Å². The molecule has 43 heavy (non-hydrogen) atoms. The minimum absolute atomic E-state index is 0.0580. The van der Waals surface area contributed by atoms with Gasteiger partial charge in [0.1, 0.15) is 22.7 Å². The van der Waals surface area contributed by atoms with Crippen LogP contribution in [0.4, 0.5) is 30.8 Å². The van der Waals surface area contributed by atoms with E-state index in [1.54, 1.807) is 12.1 Å². The van der Waals surface area contributed by atoms with Crippen molar-refractivity contribution in [1.82, 2.24) is 24.5 Å². The molecule has 4 heterocycles. The lowest BCUT2D eigenvalue weighted by Crippen LogP contribution is -2.47. The van der Waals surface area contributed by atoms with E-state index in [0.29, 0.717) is 55.3 Å². The summed E-state index contributed by atoms with van der Waals surface area (Å²) in [5, 5.41) is 10.9. The van der Waals surface area contributed by atoms with Gasteiger partial charge in [0.15, 0.2) is 5.76 Å². The van der Waals surface area contributed by atoms with Crippen LogP contribution in [0.15, 0.2) is 68.7 Å². The number of nitrogens with zero attached hydrogens (tertiary/aromatic N) is 5. The molecule has 5 aromatic rings. The number of piperazine rings is 1. The van der Waals surface area contributed by atoms with Crippen molar-refractivity contribution in [3.8, 4) is 11.6 Å². The maximum atomic E-state index is 13.8. The van der Waals surface area contributed by atoms with Crippen molar-refractivity contribution >= 4 is 44.3 Å². The fourth-order valence-electron chi connectivity index (χ4n) is 5.15. The van der Waals surface area contributed by atoms with Crippen LogP contribution in [0.25, 0.3) is 28.3 Å². The van der Waals surface area contributed by atoms with Gasteiger partial charge in [0, 0.05) is 37.3 Å². The number of hydrogen-bond acceptors (Lipinski definition) is 7. The number of fused-ring (bicyclic) bond motifs is 2. The Morgan fingerprint density at radius 1 is 1.05 bits per heavy atom. The number of carbonyl (C=O) groups is 1. The fraction of sp³-hybridized carbons (Fsp3) is 0.259. The second-order valence-corrected chi connectivity index (χ2v) is 12.5. The summed E-state index contributed by atoms with van der Waals surface area (Å²) < 4.78 is 74.1. The van der Waals surface area contributed by atoms with Crippen molar-refractivity contribution in [2.45, 2.75) is 24.8 Å². The second kappa shape index (κ2) is 9.54. The number of para-hydroxylation sites is 1. The Labute approximate surface area is 240 Å². The monoisotopic (exact) mass is 623 g/mol. The molecule has 1 aliphatic heterocycles. The first-order valence-electron chi connectivity index (χ1n) is 13.3. The van der Waals surface area contributed by atoms with Crippen molar-refractivity contribution in [2.24, 2.45) is 0 Å². The Morgan fingerprint density at radius 2 is 1.74 bits per heavy atom. The number of aromatic nitrogens is 4. The Bertz CT molecular complexity index is 1900. The van der Waals surface area contributed by atoms with Crippen molar-refractivity contribution in [3.05, 3.63) is 70.6 Å². The predicted molar refractivity (Wildman–Crippen MR) is 153 cm³/mol. The molecular formula is C27H26F5N7O3S. The molecule has 2 N–H and O–H groups in total. The number of amides is 1. The van der Waals surface area contributed by atoms with Gasteiger partial charge >= 0.3 is 10.2 Å². The molecule has 10 nitrogen and oxygen atoms in total. The average Bonchev–Trinajstić information content (AvgIpc) is 3.59. The molecular weight excluding hydrogens is 597 g/mol. The van der Waals surface area contributed by atoms with Crippen LogP contribution < -0.4 is 21.1 Å². The van der Waals surface area contributed by atoms with Crippen LogP contribution in [-0.4, -0.2) is 51.3 Å². The number of carbonyl (C=O) groups excluding carboxylic acids is 1. The summed E-state index contributed by atoms with van der Waals surface area (Å²) in [6.45, 7) is 3.76. The van der Waals surface area contributed by atoms with E-state index < -0.39 is 33.1 Å². The van der Waals surface area contributed by atoms with Gasteiger partial charge in [-0.05, 0) is 42.8 Å². The van der Waals surface area contributed by atoms with Crippen LogP contribution in [0.3, 0.4) is 0 Å². The second-order valence-electron chi connectivity index (χ2n) is 10.1. The van der Waals surface area contributed by atoms with Gasteiger partial charge in [0.2, 0.25) is 17.5 Å². The smallest absolute Gasteiger partial charge is 0.310 e. The van der Waals surface area contributed by atoms with E-state index in [9.17, 15) is 29.0 Å². The van der Waals surface area contributed by atoms with Crippen LogP contribution in [0.1, 0.15) is 12.6 Å². The van der Waals surface area contributed by atoms with Gasteiger partial charge in [-0.1, -0.05) is 44.6 Å². The maximum Gasteiger partial charge on any atom is 0.310 e. The van der Waals surface area contributed by atoms with E-state index in [4.69, 9.17) is 4.42 Å². The van der Waals surface area contributed by atoms with Gasteiger partial charge in [-0.3, -0.25) is 9.59 Å². The standard InChI is InChI=1S/C27H26F5N7O3S/c1-2-20-24(37-13-11-33-12-14-37)26(41)39-27(35-25(36-39)22-15-17-5-3-4-6-21(17)42-22)38(20)16-23(40)34-18-7-9-19(10-8-18)43(28,29,30,31)32/h3-10,15,33H,2,11-14,16H2,1H3,(H,34,40). The van der Waals surface area contributed by atoms with Crippen molar-refractivity contribution in [3.63, 3.8) is 0 Å². The molecule has 6 rings (SSSR count). The molecule has 0 radical (unpaired) electrons. The Balaban J connectivity index is 1.42. The Hall–Kier alpha value is -4.44. The largest absolute Gasteiger partial charge is 0.453 e. The Kier molecular flexibility index (Phi) is 6.36. The lowest BCUT2D eigenvalue weighted by molar-refractivity contribution is -0.116. The predicted octanol–water partition coefficient (Wildman–Crippen LogP) is 5.57. The first-order chi connectivity index (χ1) is 20.2. The lowest BCUT2D eigenvalue weighted by Gasteiger charge is -2.40. The topological polar surface area (TPSA) is 110 Å². The van der Waals surface area contributed by atoms with Gasteiger partial charge in [-0.25, -0.2) is 0 Å². The van der Waals surface area contributed by atoms with Gasteiger partial charge in [0.25, 0.3) is 5.56 Å². The highest BCUT2D eigenvalue weighted by atomic mass is 32.5. The molecule has 3 aromatic heterocycles. The summed E-state index contributed by atoms with van der Waals surface area (Å²) in [6.07, 6.45) is 0.337. The third-order valence-electron chi connectivity index (χ3n) is 7.12. The molecule has 0 atom stereocenters. The van der Waals surface area contributed by atoms with Gasteiger partial charge in [-0.2, -0.15) is 9.50 Å². The number of hydrogen-bond donors (Lipinski definition) is 2. The molecule has 0 spiro atoms. The summed E-state index contributed by atoms with van der Waals surface area (Å²) in [6, 6.07) is 11.0. The highest BCUT2D eigenvalue weighted by Crippen LogP contribution is 3.02. The molecule has 1 aliphatic rings. The van der Waals surface area contributed by atoms with Crippen molar-refractivity contribution in [1.29, 1.82) is 0 Å². The van der Waals surface area contributed by atoms with Gasteiger partial charge in [0.05, 0.1) is 5.69 Å². The van der Waals surface area contributed by atoms with E-state index >= 15 is 0 Å². The molecule has 1 saturated heterocycles. The first kappa shape index (κ1) is 28.7. The molecule has 16 heteroatoms. The zero-order chi connectivity index (χ0) is 30.6. The van der Waals surface area contributed by atoms with Gasteiger partial charge in [-0.15, -0.1) is 5.10 Å². The fourth-order valence-corrected chi connectivity index (χ4v) is 5.80. The highest BCUT2D eigenvalue weighted by Gasteiger charge is 2.65. The molecule has 0 unspecified atom stereocenters. The molecule has 1 amide bonds. The maximum absolute atomic E-state index is 13.8. The molecule has 2 aromatic carbocycles. The summed E-state index contributed by atoms with van der Waals surface area (Å²) >= 11 is 0. The van der Waals surface area contributed by atoms with E-state index in [-0.39, 0.29) is 29.4 Å². The minimum atomic E-state index is -9.86. The SMILES string of the molecule is CCc1c(N2CCNCC2)c(=O)n2nc(-c3cc4ccccc4o3)nc2n1CC(=O)Nc1ccc(S(F)(F)(F)(F)F)cc1. The van der Waals surface area contributed by atoms with E-state index in [2.05, 4.69) is 20.7 Å². The van der Waals surface area contributed by atoms with Crippen LogP contribution in [0.2, 0.25) is 0 Å². The first-order valence-corrected chi connectivity index (χ1v) is 15.3. The van der Waals surface area contributed by atoms with Crippen LogP contribution in [0, 0.1) is 0 Å². The molecule has 0 bridgehead atoms. The Morgan fingerprint density at radius 3 is 2.40 bits per heavy atom. The average molecular weight is 624 g/mol. The summed E-state index contributed by atoms with van der Waals surface area (Å²) in [5.41, 5.74) is 0.919. The van der Waals surface area contributed by atoms with Crippen LogP contribution >= 0.6 is 10.2 Å². The third kappa shape index (κ3) is 5.54. The number of rotatable bonds is 7. The van der Waals surface area contributed by atoms with Gasteiger partial charge < -0.3 is 24.5 Å². The number of benzene rings is 2. The molecule has 0 aliphatic carbocycles. The molecule has 0 saturated carbocycles. The summed E-state index contributed by atoms with van der Waals surface area (Å²) in [7, 11) is -9.86. The third-order valence-corrected chi connectivity index (χ3v) is 8.29. The molecule has 1 fully saturated rings.